The number of thioether (sulfide) groups is 1. The Morgan fingerprint density at radius 1 is 1.19 bits per heavy atom. The van der Waals surface area contributed by atoms with E-state index in [9.17, 15) is 32.7 Å². The van der Waals surface area contributed by atoms with Crippen LogP contribution in [0.25, 0.3) is 0 Å². The first kappa shape index (κ1) is 22.5. The molecule has 0 aromatic heterocycles. The number of hydrogen-bond donors (Lipinski definition) is 3. The summed E-state index contributed by atoms with van der Waals surface area (Å²) in [5.74, 6) is -1.63. The number of nitrogens with one attached hydrogen (secondary N) is 2. The van der Waals surface area contributed by atoms with Crippen LogP contribution in [0.4, 0.5) is 18.0 Å². The van der Waals surface area contributed by atoms with Crippen molar-refractivity contribution < 1.29 is 37.4 Å². The van der Waals surface area contributed by atoms with Gasteiger partial charge >= 0.3 is 6.18 Å². The van der Waals surface area contributed by atoms with Gasteiger partial charge in [0.15, 0.2) is 0 Å². The molecule has 0 spiro atoms. The molecule has 1 unspecified atom stereocenters. The minimum atomic E-state index is -4.68. The molecule has 1 fully saturated rings. The fraction of sp³-hybridized carbons (Fsp3) is 0.250. The maximum absolute atomic E-state index is 12.7. The zero-order valence-corrected chi connectivity index (χ0v) is 16.9. The van der Waals surface area contributed by atoms with Crippen molar-refractivity contribution in [2.75, 3.05) is 7.11 Å². The molecule has 7 nitrogen and oxygen atoms in total. The first-order valence-electron chi connectivity index (χ1n) is 8.94. The van der Waals surface area contributed by atoms with Gasteiger partial charge in [0.25, 0.3) is 11.1 Å². The lowest BCUT2D eigenvalue weighted by Crippen LogP contribution is -2.26. The van der Waals surface area contributed by atoms with Crippen molar-refractivity contribution in [3.05, 3.63) is 58.7 Å². The Bertz CT molecular complexity index is 1040. The second-order valence-electron chi connectivity index (χ2n) is 6.65. The lowest BCUT2D eigenvalue weighted by molar-refractivity contribution is -0.138. The smallest absolute Gasteiger partial charge is 0.419 e. The number of halogens is 3. The summed E-state index contributed by atoms with van der Waals surface area (Å²) < 4.78 is 43.4. The average Bonchev–Trinajstić information content (AvgIpc) is 3.01. The molecule has 3 N–H and O–H groups in total. The quantitative estimate of drug-likeness (QED) is 0.619. The van der Waals surface area contributed by atoms with Crippen LogP contribution in [0.2, 0.25) is 0 Å². The average molecular weight is 454 g/mol. The number of amides is 3. The second kappa shape index (κ2) is 8.88. The number of carbonyl (C=O) groups is 3. The Morgan fingerprint density at radius 2 is 1.90 bits per heavy atom. The van der Waals surface area contributed by atoms with Crippen LogP contribution in [0.15, 0.2) is 36.4 Å². The van der Waals surface area contributed by atoms with E-state index in [1.165, 1.54) is 13.2 Å². The zero-order valence-electron chi connectivity index (χ0n) is 16.1. The number of carbonyl (C=O) groups excluding carboxylic acids is 3. The molecule has 1 aliphatic rings. The minimum absolute atomic E-state index is 0.132. The Kier molecular flexibility index (Phi) is 6.44. The molecule has 164 valence electrons. The maximum Gasteiger partial charge on any atom is 0.419 e. The summed E-state index contributed by atoms with van der Waals surface area (Å²) in [5.41, 5.74) is -0.109. The number of aromatic hydroxyl groups is 1. The van der Waals surface area contributed by atoms with Gasteiger partial charge in [-0.25, -0.2) is 0 Å². The minimum Gasteiger partial charge on any atom is -0.507 e. The van der Waals surface area contributed by atoms with Gasteiger partial charge in [0.05, 0.1) is 23.5 Å². The van der Waals surface area contributed by atoms with Gasteiger partial charge in [-0.1, -0.05) is 23.9 Å². The predicted octanol–water partition coefficient (Wildman–Crippen LogP) is 3.24. The number of methoxy groups -OCH3 is 1. The third kappa shape index (κ3) is 5.29. The van der Waals surface area contributed by atoms with Crippen LogP contribution in [-0.2, 0) is 23.9 Å². The highest BCUT2D eigenvalue weighted by molar-refractivity contribution is 8.15. The molecule has 0 aliphatic carbocycles. The van der Waals surface area contributed by atoms with E-state index in [-0.39, 0.29) is 29.8 Å². The van der Waals surface area contributed by atoms with Crippen LogP contribution >= 0.6 is 11.8 Å². The number of phenolic OH excluding ortho intramolecular Hbond substituents is 1. The molecule has 0 radical (unpaired) electrons. The van der Waals surface area contributed by atoms with E-state index >= 15 is 0 Å². The van der Waals surface area contributed by atoms with Crippen LogP contribution in [0, 0.1) is 0 Å². The monoisotopic (exact) mass is 454 g/mol. The molecule has 3 amide bonds. The van der Waals surface area contributed by atoms with E-state index in [4.69, 9.17) is 4.74 Å². The van der Waals surface area contributed by atoms with Gasteiger partial charge in [-0.2, -0.15) is 13.2 Å². The topological polar surface area (TPSA) is 105 Å². The summed E-state index contributed by atoms with van der Waals surface area (Å²) in [6, 6.07) is 7.57. The number of rotatable bonds is 6. The number of alkyl halides is 3. The highest BCUT2D eigenvalue weighted by atomic mass is 32.2. The largest absolute Gasteiger partial charge is 0.507 e. The SMILES string of the molecule is COc1ccc(CC2SC(=O)NC2=O)cc1C(=O)NCc1ccc(C(F)(F)F)c(O)c1. The molecule has 1 saturated heterocycles. The predicted molar refractivity (Wildman–Crippen MR) is 106 cm³/mol. The van der Waals surface area contributed by atoms with E-state index < -0.39 is 39.8 Å². The molecule has 2 aromatic rings. The van der Waals surface area contributed by atoms with Crippen LogP contribution in [0.1, 0.15) is 27.0 Å². The number of phenols is 1. The van der Waals surface area contributed by atoms with Crippen molar-refractivity contribution in [2.45, 2.75) is 24.4 Å². The Morgan fingerprint density at radius 3 is 2.48 bits per heavy atom. The van der Waals surface area contributed by atoms with Gasteiger partial charge in [0, 0.05) is 6.54 Å². The Labute approximate surface area is 179 Å². The lowest BCUT2D eigenvalue weighted by atomic mass is 10.0. The molecule has 3 rings (SSSR count). The summed E-state index contributed by atoms with van der Waals surface area (Å²) in [4.78, 5) is 35.7. The standard InChI is InChI=1S/C20H17F3N2O5S/c1-30-15-5-3-10(8-16-18(28)25-19(29)31-16)6-12(15)17(27)24-9-11-2-4-13(14(26)7-11)20(21,22)23/h2-7,16,26H,8-9H2,1H3,(H,24,27)(H,25,28,29). The van der Waals surface area contributed by atoms with Crippen molar-refractivity contribution >= 4 is 28.8 Å². The van der Waals surface area contributed by atoms with E-state index in [0.717, 1.165) is 30.0 Å². The number of ether oxygens (including phenoxy) is 1. The number of benzene rings is 2. The van der Waals surface area contributed by atoms with Crippen LogP contribution < -0.4 is 15.4 Å². The first-order valence-corrected chi connectivity index (χ1v) is 9.82. The van der Waals surface area contributed by atoms with E-state index in [2.05, 4.69) is 10.6 Å². The van der Waals surface area contributed by atoms with Crippen molar-refractivity contribution in [1.82, 2.24) is 10.6 Å². The second-order valence-corrected chi connectivity index (χ2v) is 7.83. The molecule has 1 heterocycles. The third-order valence-corrected chi connectivity index (χ3v) is 5.50. The molecular formula is C20H17F3N2O5S. The fourth-order valence-corrected chi connectivity index (χ4v) is 3.87. The summed E-state index contributed by atoms with van der Waals surface area (Å²) in [7, 11) is 1.37. The van der Waals surface area contributed by atoms with Gasteiger partial charge in [-0.3, -0.25) is 19.7 Å². The lowest BCUT2D eigenvalue weighted by Gasteiger charge is -2.13. The molecule has 1 atom stereocenters. The molecular weight excluding hydrogens is 437 g/mol. The van der Waals surface area contributed by atoms with Gasteiger partial charge < -0.3 is 15.2 Å². The van der Waals surface area contributed by atoms with Crippen LogP contribution in [0.5, 0.6) is 11.5 Å². The first-order chi connectivity index (χ1) is 14.6. The van der Waals surface area contributed by atoms with Crippen molar-refractivity contribution in [3.8, 4) is 11.5 Å². The van der Waals surface area contributed by atoms with Gasteiger partial charge in [-0.15, -0.1) is 0 Å². The molecule has 0 saturated carbocycles. The highest BCUT2D eigenvalue weighted by Crippen LogP contribution is 2.36. The van der Waals surface area contributed by atoms with Gasteiger partial charge in [0.2, 0.25) is 5.91 Å². The van der Waals surface area contributed by atoms with Crippen molar-refractivity contribution in [2.24, 2.45) is 0 Å². The molecule has 1 aliphatic heterocycles. The molecule has 2 aromatic carbocycles. The van der Waals surface area contributed by atoms with Crippen LogP contribution in [-0.4, -0.2) is 34.5 Å². The molecule has 31 heavy (non-hydrogen) atoms. The summed E-state index contributed by atoms with van der Waals surface area (Å²) in [5, 5.41) is 13.3. The molecule has 0 bridgehead atoms. The molecule has 11 heteroatoms. The highest BCUT2D eigenvalue weighted by Gasteiger charge is 2.34. The Balaban J connectivity index is 1.72. The van der Waals surface area contributed by atoms with E-state index in [0.29, 0.717) is 5.56 Å². The maximum atomic E-state index is 12.7. The zero-order chi connectivity index (χ0) is 22.8. The third-order valence-electron chi connectivity index (χ3n) is 4.52. The van der Waals surface area contributed by atoms with Crippen LogP contribution in [0.3, 0.4) is 0 Å². The number of imide groups is 1. The summed E-state index contributed by atoms with van der Waals surface area (Å²) in [6.07, 6.45) is -4.46. The van der Waals surface area contributed by atoms with Gasteiger partial charge in [0.1, 0.15) is 11.5 Å². The fourth-order valence-electron chi connectivity index (χ4n) is 3.01. The number of hydrogen-bond acceptors (Lipinski definition) is 6. The van der Waals surface area contributed by atoms with Crippen molar-refractivity contribution in [3.63, 3.8) is 0 Å². The summed E-state index contributed by atoms with van der Waals surface area (Å²) >= 11 is 0.869. The van der Waals surface area contributed by atoms with Gasteiger partial charge in [-0.05, 0) is 41.8 Å². The summed E-state index contributed by atoms with van der Waals surface area (Å²) in [6.45, 7) is -0.132. The van der Waals surface area contributed by atoms with E-state index in [1.54, 1.807) is 12.1 Å². The van der Waals surface area contributed by atoms with E-state index in [1.807, 2.05) is 0 Å². The van der Waals surface area contributed by atoms with Crippen molar-refractivity contribution in [1.29, 1.82) is 0 Å². The normalized spacial score (nSPS) is 16.2. The Hall–Kier alpha value is -3.21.